The van der Waals surface area contributed by atoms with E-state index in [1.165, 1.54) is 49.6 Å². The van der Waals surface area contributed by atoms with Gasteiger partial charge in [0.2, 0.25) is 0 Å². The van der Waals surface area contributed by atoms with E-state index in [0.717, 1.165) is 61.4 Å². The summed E-state index contributed by atoms with van der Waals surface area (Å²) < 4.78 is 8.63. The van der Waals surface area contributed by atoms with Crippen molar-refractivity contribution in [3.63, 3.8) is 0 Å². The van der Waals surface area contributed by atoms with Crippen molar-refractivity contribution in [2.45, 2.75) is 0 Å². The number of rotatable bonds is 8. The summed E-state index contributed by atoms with van der Waals surface area (Å²) in [7, 11) is 0. The molecule has 0 radical (unpaired) electrons. The molecule has 3 nitrogen and oxygen atoms in total. The molecule has 0 aliphatic carbocycles. The second-order valence-corrected chi connectivity index (χ2v) is 16.1. The Kier molecular flexibility index (Phi) is 8.83. The molecule has 3 heteroatoms. The zero-order valence-electron chi connectivity index (χ0n) is 34.4. The zero-order chi connectivity index (χ0) is 41.7. The molecule has 0 bridgehead atoms. The fourth-order valence-corrected chi connectivity index (χ4v) is 9.46. The first-order valence-electron chi connectivity index (χ1n) is 21.5. The highest BCUT2D eigenvalue weighted by Crippen LogP contribution is 2.42. The van der Waals surface area contributed by atoms with Crippen molar-refractivity contribution < 1.29 is 4.42 Å². The van der Waals surface area contributed by atoms with Gasteiger partial charge in [-0.15, -0.1) is 0 Å². The van der Waals surface area contributed by atoms with Crippen LogP contribution in [0.3, 0.4) is 0 Å². The van der Waals surface area contributed by atoms with Crippen LogP contribution < -0.4 is 4.90 Å². The Morgan fingerprint density at radius 2 is 0.778 bits per heavy atom. The van der Waals surface area contributed by atoms with Gasteiger partial charge in [0.1, 0.15) is 11.2 Å². The largest absolute Gasteiger partial charge is 0.456 e. The monoisotopic (exact) mass is 804 g/mol. The number of benzene rings is 10. The van der Waals surface area contributed by atoms with Crippen molar-refractivity contribution in [2.24, 2.45) is 0 Å². The van der Waals surface area contributed by atoms with Crippen LogP contribution in [0.5, 0.6) is 0 Å². The molecule has 0 N–H and O–H groups in total. The number of aromatic nitrogens is 1. The smallest absolute Gasteiger partial charge is 0.136 e. The highest BCUT2D eigenvalue weighted by Gasteiger charge is 2.18. The lowest BCUT2D eigenvalue weighted by atomic mass is 9.91. The van der Waals surface area contributed by atoms with Crippen LogP contribution in [0.15, 0.2) is 247 Å². The molecule has 0 atom stereocenters. The van der Waals surface area contributed by atoms with Gasteiger partial charge in [0.15, 0.2) is 0 Å². The maximum absolute atomic E-state index is 6.26. The second kappa shape index (κ2) is 15.3. The van der Waals surface area contributed by atoms with Crippen molar-refractivity contribution in [1.29, 1.82) is 0 Å². The van der Waals surface area contributed by atoms with Crippen LogP contribution in [0.25, 0.3) is 93.9 Å². The average Bonchev–Trinajstić information content (AvgIpc) is 3.91. The van der Waals surface area contributed by atoms with Crippen LogP contribution in [0.1, 0.15) is 0 Å². The van der Waals surface area contributed by atoms with E-state index in [1.54, 1.807) is 0 Å². The Morgan fingerprint density at radius 1 is 0.302 bits per heavy atom. The van der Waals surface area contributed by atoms with Gasteiger partial charge in [-0.25, -0.2) is 0 Å². The van der Waals surface area contributed by atoms with E-state index in [1.807, 2.05) is 12.1 Å². The van der Waals surface area contributed by atoms with Gasteiger partial charge in [-0.3, -0.25) is 0 Å². The second-order valence-electron chi connectivity index (χ2n) is 16.1. The van der Waals surface area contributed by atoms with Gasteiger partial charge in [0, 0.05) is 44.3 Å². The van der Waals surface area contributed by atoms with Crippen LogP contribution in [0.4, 0.5) is 17.1 Å². The van der Waals surface area contributed by atoms with E-state index in [0.29, 0.717) is 0 Å². The number of furan rings is 1. The molecule has 0 saturated heterocycles. The Morgan fingerprint density at radius 3 is 1.41 bits per heavy atom. The number of para-hydroxylation sites is 3. The molecular weight excluding hydrogens is 765 g/mol. The fraction of sp³-hybridized carbons (Fsp3) is 0. The van der Waals surface area contributed by atoms with Crippen LogP contribution in [0.2, 0.25) is 0 Å². The molecule has 0 amide bonds. The van der Waals surface area contributed by atoms with E-state index in [9.17, 15) is 0 Å². The van der Waals surface area contributed by atoms with Crippen LogP contribution in [0, 0.1) is 0 Å². The third-order valence-electron chi connectivity index (χ3n) is 12.4. The summed E-state index contributed by atoms with van der Waals surface area (Å²) in [6.07, 6.45) is 0. The molecule has 63 heavy (non-hydrogen) atoms. The molecule has 0 aliphatic heterocycles. The maximum Gasteiger partial charge on any atom is 0.136 e. The maximum atomic E-state index is 6.26. The van der Waals surface area contributed by atoms with E-state index in [4.69, 9.17) is 4.42 Å². The fourth-order valence-electron chi connectivity index (χ4n) is 9.46. The molecule has 2 heterocycles. The molecule has 0 unspecified atom stereocenters. The first-order chi connectivity index (χ1) is 31.2. The van der Waals surface area contributed by atoms with Gasteiger partial charge in [-0.2, -0.15) is 0 Å². The Hall–Kier alpha value is -8.40. The Bertz CT molecular complexity index is 3530. The number of nitrogens with zero attached hydrogens (tertiary/aromatic N) is 2. The van der Waals surface area contributed by atoms with Crippen molar-refractivity contribution in [1.82, 2.24) is 4.57 Å². The quantitative estimate of drug-likeness (QED) is 0.153. The predicted octanol–water partition coefficient (Wildman–Crippen LogP) is 16.8. The van der Waals surface area contributed by atoms with E-state index < -0.39 is 0 Å². The highest BCUT2D eigenvalue weighted by atomic mass is 16.3. The minimum Gasteiger partial charge on any atom is -0.456 e. The summed E-state index contributed by atoms with van der Waals surface area (Å²) in [5.74, 6) is 0. The van der Waals surface area contributed by atoms with E-state index in [2.05, 4.69) is 240 Å². The zero-order valence-corrected chi connectivity index (χ0v) is 34.4. The summed E-state index contributed by atoms with van der Waals surface area (Å²) in [5, 5.41) is 4.77. The predicted molar refractivity (Wildman–Crippen MR) is 264 cm³/mol. The summed E-state index contributed by atoms with van der Waals surface area (Å²) in [5.41, 5.74) is 18.0. The van der Waals surface area contributed by atoms with Gasteiger partial charge in [-0.05, 0) is 123 Å². The lowest BCUT2D eigenvalue weighted by molar-refractivity contribution is 0.669. The first kappa shape index (κ1) is 36.5. The first-order valence-corrected chi connectivity index (χ1v) is 21.5. The molecule has 0 aliphatic rings. The molecule has 2 aromatic heterocycles. The third-order valence-corrected chi connectivity index (χ3v) is 12.4. The number of hydrogen-bond donors (Lipinski definition) is 0. The van der Waals surface area contributed by atoms with Crippen molar-refractivity contribution >= 4 is 60.8 Å². The molecule has 12 aromatic rings. The molecule has 296 valence electrons. The van der Waals surface area contributed by atoms with Crippen molar-refractivity contribution in [3.8, 4) is 50.2 Å². The minimum absolute atomic E-state index is 0.897. The summed E-state index contributed by atoms with van der Waals surface area (Å²) in [4.78, 5) is 2.35. The van der Waals surface area contributed by atoms with Gasteiger partial charge in [0.25, 0.3) is 0 Å². The molecule has 0 fully saturated rings. The minimum atomic E-state index is 0.897. The standard InChI is InChI=1S/C60H40N2O/c1-3-14-42(15-4-1)50-39-30-45(40-55(50)43-16-5-2-6-17-43)41-26-31-46(32-27-41)61(47-33-28-44(29-34-47)51-21-13-25-59-60(51)54-20-9-12-24-58(54)63-59)48-35-37-49(38-36-48)62-56-22-10-7-18-52(56)53-19-8-11-23-57(53)62/h1-40H. The van der Waals surface area contributed by atoms with Crippen LogP contribution >= 0.6 is 0 Å². The van der Waals surface area contributed by atoms with Crippen molar-refractivity contribution in [2.75, 3.05) is 4.90 Å². The topological polar surface area (TPSA) is 21.3 Å². The molecular formula is C60H40N2O. The number of hydrogen-bond acceptors (Lipinski definition) is 2. The summed E-state index contributed by atoms with van der Waals surface area (Å²) in [6.45, 7) is 0. The number of fused-ring (bicyclic) bond motifs is 6. The van der Waals surface area contributed by atoms with Crippen molar-refractivity contribution in [3.05, 3.63) is 243 Å². The summed E-state index contributed by atoms with van der Waals surface area (Å²) in [6, 6.07) is 87.1. The van der Waals surface area contributed by atoms with E-state index in [-0.39, 0.29) is 0 Å². The lowest BCUT2D eigenvalue weighted by Crippen LogP contribution is -2.10. The third kappa shape index (κ3) is 6.38. The Balaban J connectivity index is 0.956. The van der Waals surface area contributed by atoms with Gasteiger partial charge >= 0.3 is 0 Å². The SMILES string of the molecule is c1ccc(-c2ccc(-c3ccc(N(c4ccc(-c5cccc6oc7ccccc7c56)cc4)c4ccc(-n5c6ccccc6c6ccccc65)cc4)cc3)cc2-c2ccccc2)cc1. The molecule has 10 aromatic carbocycles. The Labute approximate surface area is 366 Å². The lowest BCUT2D eigenvalue weighted by Gasteiger charge is -2.26. The van der Waals surface area contributed by atoms with Gasteiger partial charge in [0.05, 0.1) is 11.0 Å². The normalized spacial score (nSPS) is 11.5. The highest BCUT2D eigenvalue weighted by molar-refractivity contribution is 6.12. The summed E-state index contributed by atoms with van der Waals surface area (Å²) >= 11 is 0. The molecule has 0 saturated carbocycles. The van der Waals surface area contributed by atoms with Crippen LogP contribution in [-0.2, 0) is 0 Å². The molecule has 0 spiro atoms. The van der Waals surface area contributed by atoms with E-state index >= 15 is 0 Å². The van der Waals surface area contributed by atoms with Gasteiger partial charge in [-0.1, -0.05) is 164 Å². The number of anilines is 3. The average molecular weight is 805 g/mol. The van der Waals surface area contributed by atoms with Crippen LogP contribution in [-0.4, -0.2) is 4.57 Å². The van der Waals surface area contributed by atoms with Gasteiger partial charge < -0.3 is 13.9 Å². The molecule has 12 rings (SSSR count).